The molecule has 2 fully saturated rings. The summed E-state index contributed by atoms with van der Waals surface area (Å²) in [7, 11) is 3.50. The van der Waals surface area contributed by atoms with Gasteiger partial charge >= 0.3 is 0 Å². The van der Waals surface area contributed by atoms with E-state index < -0.39 is 5.41 Å². The molecule has 3 aromatic carbocycles. The van der Waals surface area contributed by atoms with Crippen LogP contribution in [0.3, 0.4) is 0 Å². The monoisotopic (exact) mass is 669 g/mol. The minimum absolute atomic E-state index is 0.0452. The van der Waals surface area contributed by atoms with Gasteiger partial charge in [-0.15, -0.1) is 10.2 Å². The summed E-state index contributed by atoms with van der Waals surface area (Å²) in [5, 5.41) is 35.5. The number of piperidine rings is 1. The molecule has 1 aliphatic heterocycles. The normalized spacial score (nSPS) is 22.3. The van der Waals surface area contributed by atoms with E-state index >= 15 is 0 Å². The van der Waals surface area contributed by atoms with E-state index in [1.165, 1.54) is 5.56 Å². The van der Waals surface area contributed by atoms with Crippen LogP contribution in [0.2, 0.25) is 0 Å². The molecule has 50 heavy (non-hydrogen) atoms. The Kier molecular flexibility index (Phi) is 8.97. The summed E-state index contributed by atoms with van der Waals surface area (Å²) in [4.78, 5) is 28.4. The zero-order chi connectivity index (χ0) is 35.0. The van der Waals surface area contributed by atoms with Gasteiger partial charge in [-0.3, -0.25) is 9.59 Å². The number of hydrogen-bond acceptors (Lipinski definition) is 8. The molecular formula is C39H43N9O2. The van der Waals surface area contributed by atoms with E-state index in [1.54, 1.807) is 7.05 Å². The zero-order valence-corrected chi connectivity index (χ0v) is 28.8. The number of nitrogens with zero attached hydrogens (tertiary/aromatic N) is 5. The molecule has 5 atom stereocenters. The summed E-state index contributed by atoms with van der Waals surface area (Å²) in [6.07, 6.45) is 4.29. The molecular weight excluding hydrogens is 626 g/mol. The first-order valence-electron chi connectivity index (χ1n) is 17.3. The second kappa shape index (κ2) is 13.5. The molecule has 4 N–H and O–H groups in total. The number of nitrogens with one attached hydrogen (secondary N) is 4. The smallest absolute Gasteiger partial charge is 0.251 e. The van der Waals surface area contributed by atoms with Crippen LogP contribution in [0.4, 0.5) is 0 Å². The molecule has 1 aromatic heterocycles. The molecule has 3 aliphatic rings. The van der Waals surface area contributed by atoms with Crippen LogP contribution < -0.4 is 16.0 Å². The SMILES string of the molecule is C=C(NC)c1ccc2c(c1)CCc1cc(C(=O)NC)ccc1C2(C[C@@H](Cc1ccc(C)cc1)NCC(=O)N1C(C#N)C[C@@H]2C[C@@H]21)c1nn[nH]n1. The minimum Gasteiger partial charge on any atom is -0.388 e. The lowest BCUT2D eigenvalue weighted by atomic mass is 9.67. The Bertz CT molecular complexity index is 1900. The lowest BCUT2D eigenvalue weighted by molar-refractivity contribution is -0.131. The van der Waals surface area contributed by atoms with E-state index in [0.29, 0.717) is 36.6 Å². The van der Waals surface area contributed by atoms with Gasteiger partial charge in [-0.1, -0.05) is 59.8 Å². The predicted octanol–water partition coefficient (Wildman–Crippen LogP) is 3.59. The average Bonchev–Trinajstić information content (AvgIpc) is 3.52. The van der Waals surface area contributed by atoms with Gasteiger partial charge in [0.25, 0.3) is 5.91 Å². The standard InChI is InChI=1S/C39H43N9O2/c1-23-5-7-25(8-6-23)15-31(43-22-36(49)48-32(21-40)18-30-19-35(30)48)20-39(38-44-46-47-45-38)33-13-11-26(24(2)41-3)16-27(33)9-10-28-17-29(37(50)42-4)12-14-34(28)39/h5-8,11-14,16-17,30-32,35,41,43H,2,9-10,15,18-20,22H2,1,3-4H3,(H,42,50)(H,44,45,46,47)/t30-,31-,32?,35+,39?/m1/s1. The van der Waals surface area contributed by atoms with Crippen molar-refractivity contribution in [3.05, 3.63) is 118 Å². The predicted molar refractivity (Wildman–Crippen MR) is 190 cm³/mol. The maximum Gasteiger partial charge on any atom is 0.251 e. The second-order valence-corrected chi connectivity index (χ2v) is 13.9. The molecule has 0 spiro atoms. The fourth-order valence-corrected chi connectivity index (χ4v) is 8.21. The van der Waals surface area contributed by atoms with Crippen molar-refractivity contribution in [1.29, 1.82) is 5.26 Å². The number of fused-ring (bicyclic) bond motifs is 3. The van der Waals surface area contributed by atoms with Gasteiger partial charge in [0.15, 0.2) is 5.82 Å². The van der Waals surface area contributed by atoms with Crippen LogP contribution in [-0.4, -0.2) is 76.1 Å². The van der Waals surface area contributed by atoms with Crippen molar-refractivity contribution in [3.63, 3.8) is 0 Å². The number of carbonyl (C=O) groups excluding carboxylic acids is 2. The van der Waals surface area contributed by atoms with Crippen LogP contribution in [0.15, 0.2) is 67.2 Å². The Morgan fingerprint density at radius 1 is 1.02 bits per heavy atom. The number of H-pyrrole nitrogens is 1. The Morgan fingerprint density at radius 3 is 2.36 bits per heavy atom. The van der Waals surface area contributed by atoms with Crippen LogP contribution in [0.1, 0.15) is 74.4 Å². The van der Waals surface area contributed by atoms with E-state index in [-0.39, 0.29) is 36.5 Å². The summed E-state index contributed by atoms with van der Waals surface area (Å²) >= 11 is 0. The highest BCUT2D eigenvalue weighted by atomic mass is 16.2. The summed E-state index contributed by atoms with van der Waals surface area (Å²) in [5.41, 5.74) is 7.99. The van der Waals surface area contributed by atoms with E-state index in [2.05, 4.69) is 98.6 Å². The number of carbonyl (C=O) groups is 2. The second-order valence-electron chi connectivity index (χ2n) is 13.9. The van der Waals surface area contributed by atoms with Crippen LogP contribution in [-0.2, 0) is 29.5 Å². The van der Waals surface area contributed by atoms with Gasteiger partial charge < -0.3 is 20.9 Å². The van der Waals surface area contributed by atoms with E-state index in [0.717, 1.165) is 58.3 Å². The van der Waals surface area contributed by atoms with Gasteiger partial charge in [0, 0.05) is 37.4 Å². The summed E-state index contributed by atoms with van der Waals surface area (Å²) in [6, 6.07) is 22.7. The molecule has 11 nitrogen and oxygen atoms in total. The molecule has 256 valence electrons. The first-order valence-corrected chi connectivity index (χ1v) is 17.3. The fraction of sp³-hybridized carbons (Fsp3) is 0.385. The van der Waals surface area contributed by atoms with Crippen molar-refractivity contribution in [2.45, 2.75) is 69.0 Å². The molecule has 0 bridgehead atoms. The molecule has 4 aromatic rings. The number of hydrogen-bond donors (Lipinski definition) is 4. The highest BCUT2D eigenvalue weighted by molar-refractivity contribution is 5.94. The quantitative estimate of drug-likeness (QED) is 0.189. The molecule has 2 aliphatic carbocycles. The zero-order valence-electron chi connectivity index (χ0n) is 28.8. The van der Waals surface area contributed by atoms with Crippen LogP contribution >= 0.6 is 0 Å². The van der Waals surface area contributed by atoms with Gasteiger partial charge in [-0.05, 0) is 103 Å². The number of aromatic nitrogens is 4. The van der Waals surface area contributed by atoms with Crippen LogP contribution in [0.25, 0.3) is 5.70 Å². The summed E-state index contributed by atoms with van der Waals surface area (Å²) in [6.45, 7) is 6.39. The number of likely N-dealkylation sites (tertiary alicyclic amines) is 1. The molecule has 7 rings (SSSR count). The molecule has 2 heterocycles. The molecule has 2 amide bonds. The van der Waals surface area contributed by atoms with Crippen LogP contribution in [0.5, 0.6) is 0 Å². The number of amides is 2. The Morgan fingerprint density at radius 2 is 1.72 bits per heavy atom. The molecule has 11 heteroatoms. The third kappa shape index (κ3) is 6.05. The number of nitriles is 1. The first kappa shape index (κ1) is 33.2. The number of rotatable bonds is 11. The van der Waals surface area contributed by atoms with Crippen molar-refractivity contribution in [2.75, 3.05) is 20.6 Å². The van der Waals surface area contributed by atoms with Crippen molar-refractivity contribution >= 4 is 17.5 Å². The van der Waals surface area contributed by atoms with Crippen molar-refractivity contribution in [3.8, 4) is 6.07 Å². The highest BCUT2D eigenvalue weighted by Crippen LogP contribution is 2.49. The number of aryl methyl sites for hydroxylation is 3. The van der Waals surface area contributed by atoms with Crippen molar-refractivity contribution < 1.29 is 9.59 Å². The van der Waals surface area contributed by atoms with E-state index in [4.69, 9.17) is 0 Å². The Hall–Kier alpha value is -5.34. The Balaban J connectivity index is 1.36. The van der Waals surface area contributed by atoms with Gasteiger partial charge in [0.05, 0.1) is 18.0 Å². The van der Waals surface area contributed by atoms with Gasteiger partial charge in [0.1, 0.15) is 6.04 Å². The molecule has 1 saturated heterocycles. The molecule has 1 saturated carbocycles. The highest BCUT2D eigenvalue weighted by Gasteiger charge is 2.54. The van der Waals surface area contributed by atoms with Gasteiger partial charge in [0.2, 0.25) is 5.91 Å². The van der Waals surface area contributed by atoms with E-state index in [9.17, 15) is 14.9 Å². The Labute approximate surface area is 292 Å². The summed E-state index contributed by atoms with van der Waals surface area (Å²) < 4.78 is 0. The van der Waals surface area contributed by atoms with Crippen molar-refractivity contribution in [1.82, 2.24) is 41.5 Å². The largest absolute Gasteiger partial charge is 0.388 e. The molecule has 2 unspecified atom stereocenters. The van der Waals surface area contributed by atoms with Gasteiger partial charge in [-0.2, -0.15) is 10.5 Å². The minimum atomic E-state index is -0.898. The van der Waals surface area contributed by atoms with Crippen molar-refractivity contribution in [2.24, 2.45) is 5.92 Å². The number of benzene rings is 3. The van der Waals surface area contributed by atoms with Crippen LogP contribution in [0, 0.1) is 24.2 Å². The molecule has 0 radical (unpaired) electrons. The third-order valence-electron chi connectivity index (χ3n) is 10.9. The lowest BCUT2D eigenvalue weighted by Crippen LogP contribution is -2.48. The maximum absolute atomic E-state index is 13.8. The maximum atomic E-state index is 13.8. The fourth-order valence-electron chi connectivity index (χ4n) is 8.21. The number of aromatic amines is 1. The van der Waals surface area contributed by atoms with E-state index in [1.807, 2.05) is 30.1 Å². The van der Waals surface area contributed by atoms with Gasteiger partial charge in [-0.25, -0.2) is 0 Å². The third-order valence-corrected chi connectivity index (χ3v) is 10.9. The lowest BCUT2D eigenvalue weighted by Gasteiger charge is -2.37. The number of tetrazole rings is 1. The summed E-state index contributed by atoms with van der Waals surface area (Å²) in [5.74, 6) is 0.758. The topological polar surface area (TPSA) is 152 Å². The first-order chi connectivity index (χ1) is 24.2. The average molecular weight is 670 g/mol.